The molecule has 7 heteroatoms. The highest BCUT2D eigenvalue weighted by Crippen LogP contribution is 2.21. The molecule has 1 amide bonds. The zero-order valence-corrected chi connectivity index (χ0v) is 17.5. The van der Waals surface area contributed by atoms with E-state index in [-0.39, 0.29) is 17.3 Å². The number of benzene rings is 2. The topological polar surface area (TPSA) is 69.7 Å². The molecule has 0 unspecified atom stereocenters. The van der Waals surface area contributed by atoms with Gasteiger partial charge in [-0.25, -0.2) is 8.42 Å². The van der Waals surface area contributed by atoms with Crippen LogP contribution in [0.2, 0.25) is 0 Å². The fraction of sp³-hybridized carbons (Fsp3) is 0.318. The first-order chi connectivity index (χ1) is 13.9. The van der Waals surface area contributed by atoms with E-state index in [2.05, 4.69) is 17.2 Å². The Morgan fingerprint density at radius 2 is 1.66 bits per heavy atom. The molecule has 2 aromatic rings. The number of amides is 1. The van der Waals surface area contributed by atoms with E-state index in [1.54, 1.807) is 0 Å². The standard InChI is InChI=1S/C22H25N3O3S/c1-24(2)20-11-7-18(8-12-20)6-5-15-23-22(26)19-9-13-21(14-10-19)29(27,28)25-16-3-4-17-25/h7-14H,3-4,15-17H2,1-2H3,(H,23,26). The van der Waals surface area contributed by atoms with Crippen LogP contribution < -0.4 is 10.2 Å². The van der Waals surface area contributed by atoms with Crippen molar-refractivity contribution in [2.24, 2.45) is 0 Å². The van der Waals surface area contributed by atoms with Crippen LogP contribution in [-0.2, 0) is 10.0 Å². The van der Waals surface area contributed by atoms with E-state index in [0.29, 0.717) is 18.7 Å². The van der Waals surface area contributed by atoms with Gasteiger partial charge in [0, 0.05) is 44.0 Å². The Hall–Kier alpha value is -2.82. The van der Waals surface area contributed by atoms with Crippen molar-refractivity contribution in [1.82, 2.24) is 9.62 Å². The van der Waals surface area contributed by atoms with Crippen LogP contribution in [0.4, 0.5) is 5.69 Å². The molecule has 152 valence electrons. The number of sulfonamides is 1. The maximum atomic E-state index is 12.5. The summed E-state index contributed by atoms with van der Waals surface area (Å²) in [4.78, 5) is 14.5. The van der Waals surface area contributed by atoms with Gasteiger partial charge in [-0.15, -0.1) is 0 Å². The van der Waals surface area contributed by atoms with Gasteiger partial charge < -0.3 is 10.2 Å². The molecule has 1 fully saturated rings. The molecule has 0 radical (unpaired) electrons. The van der Waals surface area contributed by atoms with Crippen LogP contribution in [0, 0.1) is 11.8 Å². The third kappa shape index (κ3) is 5.17. The highest BCUT2D eigenvalue weighted by atomic mass is 32.2. The minimum atomic E-state index is -3.46. The lowest BCUT2D eigenvalue weighted by Gasteiger charge is -2.15. The Kier molecular flexibility index (Phi) is 6.57. The minimum absolute atomic E-state index is 0.210. The number of hydrogen-bond donors (Lipinski definition) is 1. The molecule has 0 spiro atoms. The van der Waals surface area contributed by atoms with Crippen molar-refractivity contribution in [3.63, 3.8) is 0 Å². The molecule has 0 saturated carbocycles. The number of rotatable bonds is 5. The van der Waals surface area contributed by atoms with E-state index in [1.807, 2.05) is 43.3 Å². The number of nitrogens with one attached hydrogen (secondary N) is 1. The van der Waals surface area contributed by atoms with E-state index in [1.165, 1.54) is 28.6 Å². The Morgan fingerprint density at radius 1 is 1.03 bits per heavy atom. The molecular weight excluding hydrogens is 386 g/mol. The predicted octanol–water partition coefficient (Wildman–Crippen LogP) is 2.32. The Labute approximate surface area is 172 Å². The molecular formula is C22H25N3O3S. The quantitative estimate of drug-likeness (QED) is 0.767. The van der Waals surface area contributed by atoms with Crippen LogP contribution >= 0.6 is 0 Å². The van der Waals surface area contributed by atoms with Crippen molar-refractivity contribution in [2.45, 2.75) is 17.7 Å². The predicted molar refractivity (Wildman–Crippen MR) is 114 cm³/mol. The SMILES string of the molecule is CN(C)c1ccc(C#CCNC(=O)c2ccc(S(=O)(=O)N3CCCC3)cc2)cc1. The summed E-state index contributed by atoms with van der Waals surface area (Å²) in [5.74, 6) is 5.65. The molecule has 2 aromatic carbocycles. The lowest BCUT2D eigenvalue weighted by Crippen LogP contribution is -2.28. The fourth-order valence-corrected chi connectivity index (χ4v) is 4.59. The van der Waals surface area contributed by atoms with Crippen LogP contribution in [-0.4, -0.2) is 52.4 Å². The van der Waals surface area contributed by atoms with Crippen LogP contribution in [0.25, 0.3) is 0 Å². The summed E-state index contributed by atoms with van der Waals surface area (Å²) < 4.78 is 26.5. The molecule has 1 N–H and O–H groups in total. The largest absolute Gasteiger partial charge is 0.378 e. The van der Waals surface area contributed by atoms with Gasteiger partial charge in [0.25, 0.3) is 5.91 Å². The first-order valence-electron chi connectivity index (χ1n) is 9.52. The molecule has 29 heavy (non-hydrogen) atoms. The molecule has 0 atom stereocenters. The molecule has 1 aliphatic rings. The summed E-state index contributed by atoms with van der Waals surface area (Å²) >= 11 is 0. The summed E-state index contributed by atoms with van der Waals surface area (Å²) in [5.41, 5.74) is 2.38. The van der Waals surface area contributed by atoms with E-state index >= 15 is 0 Å². The second kappa shape index (κ2) is 9.12. The molecule has 0 aliphatic carbocycles. The fourth-order valence-electron chi connectivity index (χ4n) is 3.07. The van der Waals surface area contributed by atoms with Crippen LogP contribution in [0.1, 0.15) is 28.8 Å². The van der Waals surface area contributed by atoms with Gasteiger partial charge in [-0.2, -0.15) is 4.31 Å². The maximum Gasteiger partial charge on any atom is 0.252 e. The van der Waals surface area contributed by atoms with Crippen molar-refractivity contribution in [1.29, 1.82) is 0 Å². The van der Waals surface area contributed by atoms with Gasteiger partial charge in [0.05, 0.1) is 11.4 Å². The first kappa shape index (κ1) is 20.9. The average molecular weight is 412 g/mol. The molecule has 3 rings (SSSR count). The third-order valence-corrected chi connectivity index (χ3v) is 6.69. The average Bonchev–Trinajstić information content (AvgIpc) is 3.27. The zero-order valence-electron chi connectivity index (χ0n) is 16.7. The summed E-state index contributed by atoms with van der Waals surface area (Å²) in [5, 5.41) is 2.73. The Balaban J connectivity index is 1.56. The molecule has 1 heterocycles. The van der Waals surface area contributed by atoms with Crippen LogP contribution in [0.3, 0.4) is 0 Å². The van der Waals surface area contributed by atoms with E-state index in [9.17, 15) is 13.2 Å². The number of anilines is 1. The van der Waals surface area contributed by atoms with Gasteiger partial charge in [-0.1, -0.05) is 11.8 Å². The first-order valence-corrected chi connectivity index (χ1v) is 11.0. The second-order valence-corrected chi connectivity index (χ2v) is 9.00. The summed E-state index contributed by atoms with van der Waals surface area (Å²) in [6.45, 7) is 1.32. The highest BCUT2D eigenvalue weighted by Gasteiger charge is 2.27. The zero-order chi connectivity index (χ0) is 20.9. The molecule has 1 saturated heterocycles. The van der Waals surface area contributed by atoms with E-state index in [0.717, 1.165) is 24.1 Å². The smallest absolute Gasteiger partial charge is 0.252 e. The number of hydrogen-bond acceptors (Lipinski definition) is 4. The van der Waals surface area contributed by atoms with Gasteiger partial charge in [-0.3, -0.25) is 4.79 Å². The Morgan fingerprint density at radius 3 is 2.24 bits per heavy atom. The van der Waals surface area contributed by atoms with Crippen molar-refractivity contribution in [3.05, 3.63) is 59.7 Å². The maximum absolute atomic E-state index is 12.5. The van der Waals surface area contributed by atoms with Crippen molar-refractivity contribution in [3.8, 4) is 11.8 Å². The monoisotopic (exact) mass is 411 g/mol. The van der Waals surface area contributed by atoms with Gasteiger partial charge in [0.15, 0.2) is 0 Å². The van der Waals surface area contributed by atoms with Gasteiger partial charge in [0.2, 0.25) is 10.0 Å². The van der Waals surface area contributed by atoms with Crippen LogP contribution in [0.15, 0.2) is 53.4 Å². The molecule has 0 aromatic heterocycles. The lowest BCUT2D eigenvalue weighted by molar-refractivity contribution is 0.0958. The minimum Gasteiger partial charge on any atom is -0.378 e. The molecule has 1 aliphatic heterocycles. The number of carbonyl (C=O) groups is 1. The van der Waals surface area contributed by atoms with Gasteiger partial charge >= 0.3 is 0 Å². The molecule has 6 nitrogen and oxygen atoms in total. The van der Waals surface area contributed by atoms with Crippen molar-refractivity contribution < 1.29 is 13.2 Å². The molecule has 0 bridgehead atoms. The number of carbonyl (C=O) groups excluding carboxylic acids is 1. The highest BCUT2D eigenvalue weighted by molar-refractivity contribution is 7.89. The summed E-state index contributed by atoms with van der Waals surface area (Å²) in [6.07, 6.45) is 1.78. The normalized spacial score (nSPS) is 14.1. The van der Waals surface area contributed by atoms with Crippen LogP contribution in [0.5, 0.6) is 0 Å². The third-order valence-electron chi connectivity index (χ3n) is 4.77. The Bertz CT molecular complexity index is 1010. The summed E-state index contributed by atoms with van der Waals surface area (Å²) in [6, 6.07) is 13.9. The summed E-state index contributed by atoms with van der Waals surface area (Å²) in [7, 11) is 0.489. The number of nitrogens with zero attached hydrogens (tertiary/aromatic N) is 2. The van der Waals surface area contributed by atoms with Crippen molar-refractivity contribution in [2.75, 3.05) is 38.6 Å². The van der Waals surface area contributed by atoms with E-state index < -0.39 is 10.0 Å². The van der Waals surface area contributed by atoms with E-state index in [4.69, 9.17) is 0 Å². The lowest BCUT2D eigenvalue weighted by atomic mass is 10.2. The van der Waals surface area contributed by atoms with Gasteiger partial charge in [-0.05, 0) is 61.4 Å². The second-order valence-electron chi connectivity index (χ2n) is 7.06. The van der Waals surface area contributed by atoms with Crippen molar-refractivity contribution >= 4 is 21.6 Å². The van der Waals surface area contributed by atoms with Gasteiger partial charge in [0.1, 0.15) is 0 Å².